The van der Waals surface area contributed by atoms with Gasteiger partial charge in [0, 0.05) is 33.7 Å². The van der Waals surface area contributed by atoms with E-state index < -0.39 is 12.0 Å². The molecule has 5 aromatic rings. The molecule has 3 aromatic carbocycles. The molecule has 0 aliphatic carbocycles. The molecule has 44 heavy (non-hydrogen) atoms. The average Bonchev–Trinajstić information content (AvgIpc) is 3.46. The van der Waals surface area contributed by atoms with Crippen LogP contribution in [-0.4, -0.2) is 28.3 Å². The van der Waals surface area contributed by atoms with Crippen molar-refractivity contribution in [3.8, 4) is 5.75 Å². The molecule has 0 fully saturated rings. The van der Waals surface area contributed by atoms with Crippen molar-refractivity contribution < 1.29 is 14.3 Å². The SMILES string of the molecule is CCOC(=O)C1=C(C)N=c2s/c(=C\c3c(C)n(Cc4ccccc4Cl)c4ccccc34)c(=O)n2[C@@H]1c1ccc(OCC)cc1. The number of thiazole rings is 1. The maximum absolute atomic E-state index is 14.3. The molecular weight excluding hydrogens is 594 g/mol. The Morgan fingerprint density at radius 1 is 1.00 bits per heavy atom. The number of ether oxygens (including phenoxy) is 2. The van der Waals surface area contributed by atoms with E-state index >= 15 is 0 Å². The number of para-hydroxylation sites is 1. The molecule has 1 atom stereocenters. The zero-order valence-corrected chi connectivity index (χ0v) is 26.5. The predicted molar refractivity (Wildman–Crippen MR) is 175 cm³/mol. The summed E-state index contributed by atoms with van der Waals surface area (Å²) in [5.41, 5.74) is 5.47. The molecular formula is C35H32ClN3O4S. The van der Waals surface area contributed by atoms with Crippen molar-refractivity contribution in [3.05, 3.63) is 131 Å². The predicted octanol–water partition coefficient (Wildman–Crippen LogP) is 6.16. The number of benzene rings is 3. The van der Waals surface area contributed by atoms with Crippen LogP contribution >= 0.6 is 22.9 Å². The number of nitrogens with zero attached hydrogens (tertiary/aromatic N) is 3. The van der Waals surface area contributed by atoms with Gasteiger partial charge >= 0.3 is 5.97 Å². The Hall–Kier alpha value is -4.40. The van der Waals surface area contributed by atoms with Crippen molar-refractivity contribution >= 4 is 45.9 Å². The van der Waals surface area contributed by atoms with Gasteiger partial charge in [0.1, 0.15) is 5.75 Å². The minimum Gasteiger partial charge on any atom is -0.494 e. The summed E-state index contributed by atoms with van der Waals surface area (Å²) in [5, 5.41) is 1.75. The Morgan fingerprint density at radius 2 is 1.73 bits per heavy atom. The van der Waals surface area contributed by atoms with Crippen LogP contribution in [0.25, 0.3) is 17.0 Å². The van der Waals surface area contributed by atoms with Gasteiger partial charge in [-0.05, 0) is 69.2 Å². The molecule has 0 spiro atoms. The minimum atomic E-state index is -0.689. The average molecular weight is 626 g/mol. The Balaban J connectivity index is 1.53. The third-order valence-corrected chi connectivity index (χ3v) is 9.22. The van der Waals surface area contributed by atoms with Crippen molar-refractivity contribution in [2.75, 3.05) is 13.2 Å². The third-order valence-electron chi connectivity index (χ3n) is 7.87. The lowest BCUT2D eigenvalue weighted by atomic mass is 9.96. The minimum absolute atomic E-state index is 0.216. The quantitative estimate of drug-likeness (QED) is 0.194. The lowest BCUT2D eigenvalue weighted by Crippen LogP contribution is -2.39. The first-order chi connectivity index (χ1) is 21.3. The molecule has 3 heterocycles. The highest BCUT2D eigenvalue weighted by Crippen LogP contribution is 2.32. The molecule has 0 unspecified atom stereocenters. The summed E-state index contributed by atoms with van der Waals surface area (Å²) in [7, 11) is 0. The Bertz CT molecular complexity index is 2100. The Morgan fingerprint density at radius 3 is 2.45 bits per heavy atom. The molecule has 9 heteroatoms. The van der Waals surface area contributed by atoms with Crippen LogP contribution in [0, 0.1) is 6.92 Å². The van der Waals surface area contributed by atoms with E-state index in [1.807, 2.05) is 73.7 Å². The van der Waals surface area contributed by atoms with Crippen molar-refractivity contribution in [2.45, 2.75) is 40.3 Å². The Kier molecular flexibility index (Phi) is 8.29. The number of allylic oxidation sites excluding steroid dienone is 1. The smallest absolute Gasteiger partial charge is 0.338 e. The van der Waals surface area contributed by atoms with Crippen LogP contribution in [0.15, 0.2) is 93.9 Å². The van der Waals surface area contributed by atoms with E-state index in [0.717, 1.165) is 33.3 Å². The largest absolute Gasteiger partial charge is 0.494 e. The highest BCUT2D eigenvalue weighted by molar-refractivity contribution is 7.07. The van der Waals surface area contributed by atoms with E-state index in [9.17, 15) is 9.59 Å². The molecule has 7 nitrogen and oxygen atoms in total. The number of hydrogen-bond donors (Lipinski definition) is 0. The van der Waals surface area contributed by atoms with Gasteiger partial charge in [-0.15, -0.1) is 0 Å². The number of rotatable bonds is 8. The van der Waals surface area contributed by atoms with E-state index in [-0.39, 0.29) is 12.2 Å². The zero-order valence-electron chi connectivity index (χ0n) is 25.0. The van der Waals surface area contributed by atoms with Gasteiger partial charge in [-0.25, -0.2) is 9.79 Å². The van der Waals surface area contributed by atoms with Crippen LogP contribution in [0.2, 0.25) is 5.02 Å². The second kappa shape index (κ2) is 12.3. The second-order valence-electron chi connectivity index (χ2n) is 10.5. The fourth-order valence-electron chi connectivity index (χ4n) is 5.79. The first-order valence-corrected chi connectivity index (χ1v) is 15.8. The maximum atomic E-state index is 14.3. The second-order valence-corrected chi connectivity index (χ2v) is 11.9. The fraction of sp³-hybridized carbons (Fsp3) is 0.229. The van der Waals surface area contributed by atoms with Crippen LogP contribution in [0.5, 0.6) is 5.75 Å². The molecule has 224 valence electrons. The topological polar surface area (TPSA) is 74.8 Å². The van der Waals surface area contributed by atoms with Gasteiger partial charge in [-0.2, -0.15) is 0 Å². The molecule has 6 rings (SSSR count). The van der Waals surface area contributed by atoms with Gasteiger partial charge in [-0.1, -0.05) is 71.5 Å². The molecule has 1 aliphatic rings. The van der Waals surface area contributed by atoms with Crippen molar-refractivity contribution in [1.29, 1.82) is 0 Å². The van der Waals surface area contributed by atoms with Gasteiger partial charge in [0.25, 0.3) is 5.56 Å². The summed E-state index contributed by atoms with van der Waals surface area (Å²) in [5.74, 6) is 0.228. The first kappa shape index (κ1) is 29.7. The molecule has 0 bridgehead atoms. The van der Waals surface area contributed by atoms with Crippen molar-refractivity contribution in [1.82, 2.24) is 9.13 Å². The highest BCUT2D eigenvalue weighted by atomic mass is 35.5. The van der Waals surface area contributed by atoms with Gasteiger partial charge in [0.2, 0.25) is 0 Å². The fourth-order valence-corrected chi connectivity index (χ4v) is 7.02. The van der Waals surface area contributed by atoms with E-state index in [1.165, 1.54) is 11.3 Å². The summed E-state index contributed by atoms with van der Waals surface area (Å²) in [4.78, 5) is 32.8. The molecule has 0 amide bonds. The number of aromatic nitrogens is 2. The van der Waals surface area contributed by atoms with Crippen LogP contribution < -0.4 is 19.6 Å². The highest BCUT2D eigenvalue weighted by Gasteiger charge is 2.33. The van der Waals surface area contributed by atoms with E-state index in [1.54, 1.807) is 18.4 Å². The maximum Gasteiger partial charge on any atom is 0.338 e. The number of fused-ring (bicyclic) bond motifs is 2. The zero-order chi connectivity index (χ0) is 31.0. The Labute approximate surface area is 264 Å². The number of hydrogen-bond acceptors (Lipinski definition) is 6. The third kappa shape index (κ3) is 5.29. The lowest BCUT2D eigenvalue weighted by Gasteiger charge is -2.24. The summed E-state index contributed by atoms with van der Waals surface area (Å²) < 4.78 is 15.4. The van der Waals surface area contributed by atoms with Gasteiger partial charge < -0.3 is 14.0 Å². The van der Waals surface area contributed by atoms with Gasteiger partial charge in [0.05, 0.1) is 35.1 Å². The molecule has 1 aliphatic heterocycles. The van der Waals surface area contributed by atoms with Gasteiger partial charge in [0.15, 0.2) is 4.80 Å². The molecule has 0 radical (unpaired) electrons. The van der Waals surface area contributed by atoms with Crippen LogP contribution in [-0.2, 0) is 16.1 Å². The number of halogens is 1. The van der Waals surface area contributed by atoms with Crippen LogP contribution in [0.4, 0.5) is 0 Å². The summed E-state index contributed by atoms with van der Waals surface area (Å²) in [6, 6.07) is 22.8. The monoisotopic (exact) mass is 625 g/mol. The number of carbonyl (C=O) groups is 1. The van der Waals surface area contributed by atoms with Crippen LogP contribution in [0.3, 0.4) is 0 Å². The summed E-state index contributed by atoms with van der Waals surface area (Å²) >= 11 is 7.85. The van der Waals surface area contributed by atoms with Crippen LogP contribution in [0.1, 0.15) is 49.2 Å². The molecule has 2 aromatic heterocycles. The standard InChI is InChI=1S/C35H32ClN3O4S/c1-5-42-25-17-15-23(16-18-25)32-31(34(41)43-6-2)21(3)37-35-39(32)33(40)30(44-35)19-27-22(4)38(29-14-10-8-12-26(27)29)20-24-11-7-9-13-28(24)36/h7-19,32H,5-6,20H2,1-4H3/b30-19-/t32-/m1/s1. The van der Waals surface area contributed by atoms with E-state index in [4.69, 9.17) is 26.1 Å². The molecule has 0 saturated carbocycles. The molecule has 0 N–H and O–H groups in total. The van der Waals surface area contributed by atoms with E-state index in [0.29, 0.717) is 44.5 Å². The lowest BCUT2D eigenvalue weighted by molar-refractivity contribution is -0.139. The number of esters is 1. The summed E-state index contributed by atoms with van der Waals surface area (Å²) in [6.45, 7) is 8.89. The normalized spacial score (nSPS) is 14.9. The molecule has 0 saturated heterocycles. The number of carbonyl (C=O) groups excluding carboxylic acids is 1. The van der Waals surface area contributed by atoms with Crippen molar-refractivity contribution in [2.24, 2.45) is 4.99 Å². The van der Waals surface area contributed by atoms with E-state index in [2.05, 4.69) is 23.6 Å². The van der Waals surface area contributed by atoms with Gasteiger partial charge in [-0.3, -0.25) is 9.36 Å². The summed E-state index contributed by atoms with van der Waals surface area (Å²) in [6.07, 6.45) is 1.95. The first-order valence-electron chi connectivity index (χ1n) is 14.6. The van der Waals surface area contributed by atoms with Crippen molar-refractivity contribution in [3.63, 3.8) is 0 Å².